The molecule has 2 fully saturated rings. The molecule has 51 heavy (non-hydrogen) atoms. The van der Waals surface area contributed by atoms with E-state index in [-0.39, 0.29) is 17.5 Å². The molecular weight excluding hydrogens is 693 g/mol. The van der Waals surface area contributed by atoms with Crippen LogP contribution in [0.2, 0.25) is 10.0 Å². The van der Waals surface area contributed by atoms with Crippen LogP contribution in [-0.2, 0) is 29.7 Å². The number of carbonyl (C=O) groups is 2. The summed E-state index contributed by atoms with van der Waals surface area (Å²) < 4.78 is 8.72. The number of methoxy groups -OCH3 is 1. The molecule has 14 heteroatoms. The Hall–Kier alpha value is -4.75. The minimum Gasteiger partial charge on any atom is -0.481 e. The van der Waals surface area contributed by atoms with Crippen LogP contribution in [0.4, 0.5) is 0 Å². The molecule has 0 spiro atoms. The maximum atomic E-state index is 13.4. The number of carbonyl (C=O) groups excluding carboxylic acids is 1. The van der Waals surface area contributed by atoms with Crippen LogP contribution in [0.15, 0.2) is 65.6 Å². The summed E-state index contributed by atoms with van der Waals surface area (Å²) in [5.74, 6) is -0.119. The van der Waals surface area contributed by atoms with Crippen LogP contribution in [0.5, 0.6) is 5.88 Å². The highest BCUT2D eigenvalue weighted by Gasteiger charge is 2.29. The highest BCUT2D eigenvalue weighted by molar-refractivity contribution is 6.39. The van der Waals surface area contributed by atoms with E-state index in [1.165, 1.54) is 4.57 Å². The quantitative estimate of drug-likeness (QED) is 0.171. The topological polar surface area (TPSA) is 143 Å². The lowest BCUT2D eigenvalue weighted by molar-refractivity contribution is -0.141. The predicted molar refractivity (Wildman–Crippen MR) is 195 cm³/mol. The summed E-state index contributed by atoms with van der Waals surface area (Å²) in [6.07, 6.45) is 3.73. The number of aliphatic carboxylic acids is 1. The van der Waals surface area contributed by atoms with Crippen LogP contribution in [0.1, 0.15) is 30.7 Å². The van der Waals surface area contributed by atoms with Gasteiger partial charge in [0.2, 0.25) is 11.8 Å². The van der Waals surface area contributed by atoms with Gasteiger partial charge in [0.25, 0.3) is 5.56 Å². The Morgan fingerprint density at radius 1 is 1.04 bits per heavy atom. The summed E-state index contributed by atoms with van der Waals surface area (Å²) in [5.41, 5.74) is 5.28. The van der Waals surface area contributed by atoms with Crippen LogP contribution in [0, 0.1) is 5.92 Å². The molecule has 0 bridgehead atoms. The number of nitrogens with one attached hydrogen (secondary N) is 2. The maximum absolute atomic E-state index is 13.4. The average Bonchev–Trinajstić information content (AvgIpc) is 3.88. The molecule has 3 N–H and O–H groups in total. The Bertz CT molecular complexity index is 2220. The van der Waals surface area contributed by atoms with E-state index < -0.39 is 11.9 Å². The average molecular weight is 731 g/mol. The van der Waals surface area contributed by atoms with Crippen molar-refractivity contribution in [3.8, 4) is 39.4 Å². The number of nitrogens with zero attached hydrogens (tertiary/aromatic N) is 5. The molecule has 0 aliphatic carbocycles. The smallest absolute Gasteiger partial charge is 0.307 e. The summed E-state index contributed by atoms with van der Waals surface area (Å²) in [4.78, 5) is 43.2. The van der Waals surface area contributed by atoms with Crippen molar-refractivity contribution >= 4 is 40.6 Å². The summed E-state index contributed by atoms with van der Waals surface area (Å²) in [6.45, 7) is 2.60. The van der Waals surface area contributed by atoms with Gasteiger partial charge in [-0.25, -0.2) is 9.50 Å². The molecule has 1 amide bonds. The number of carboxylic acids is 1. The van der Waals surface area contributed by atoms with E-state index in [4.69, 9.17) is 38.0 Å². The van der Waals surface area contributed by atoms with Crippen LogP contribution < -0.4 is 20.9 Å². The van der Waals surface area contributed by atoms with Crippen LogP contribution >= 0.6 is 23.2 Å². The molecular formula is C37H37Cl2N7O5. The lowest BCUT2D eigenvalue weighted by Crippen LogP contribution is -2.35. The largest absolute Gasteiger partial charge is 0.481 e. The molecule has 3 aromatic heterocycles. The number of ether oxygens (including phenoxy) is 1. The normalized spacial score (nSPS) is 17.7. The number of hydrogen-bond donors (Lipinski definition) is 3. The highest BCUT2D eigenvalue weighted by Crippen LogP contribution is 2.42. The van der Waals surface area contributed by atoms with Crippen molar-refractivity contribution in [1.29, 1.82) is 0 Å². The molecule has 5 aromatic rings. The van der Waals surface area contributed by atoms with E-state index in [1.807, 2.05) is 53.4 Å². The third-order valence-corrected chi connectivity index (χ3v) is 10.5. The Labute approximate surface area is 304 Å². The fraction of sp³-hybridized carbons (Fsp3) is 0.324. The lowest BCUT2D eigenvalue weighted by atomic mass is 9.97. The monoisotopic (exact) mass is 729 g/mol. The number of carboxylic acid groups (broad SMARTS) is 1. The van der Waals surface area contributed by atoms with Crippen LogP contribution in [-0.4, -0.2) is 73.8 Å². The van der Waals surface area contributed by atoms with Crippen molar-refractivity contribution in [1.82, 2.24) is 34.7 Å². The van der Waals surface area contributed by atoms with Gasteiger partial charge in [0, 0.05) is 78.7 Å². The van der Waals surface area contributed by atoms with Crippen LogP contribution in [0.3, 0.4) is 0 Å². The molecule has 2 saturated heterocycles. The van der Waals surface area contributed by atoms with E-state index in [0.29, 0.717) is 101 Å². The molecule has 5 heterocycles. The number of rotatable bonds is 11. The van der Waals surface area contributed by atoms with Crippen LogP contribution in [0.25, 0.3) is 39.0 Å². The standard InChI is InChI=1S/C37H37Cl2N7O5/c1-44-31(20-45-14-13-22(18-45)37(49)50)43-46-19-23(15-30(46)36(44)48)25-5-3-6-26(33(25)38)27-7-4-8-28(34(27)39)29-11-9-21(35(42-29)51-2)16-40-17-24-10-12-32(47)41-24/h3-9,11,15,19,22,24,40H,10,12-14,16-18,20H2,1-2H3,(H,41,47)(H,49,50)/t22-,24+/m0/s1. The Morgan fingerprint density at radius 2 is 1.76 bits per heavy atom. The van der Waals surface area contributed by atoms with Crippen molar-refractivity contribution in [2.24, 2.45) is 13.0 Å². The van der Waals surface area contributed by atoms with E-state index in [9.17, 15) is 19.5 Å². The fourth-order valence-corrected chi connectivity index (χ4v) is 7.54. The molecule has 2 aliphatic heterocycles. The third-order valence-electron chi connectivity index (χ3n) is 9.72. The fourth-order valence-electron chi connectivity index (χ4n) is 6.88. The van der Waals surface area contributed by atoms with Crippen molar-refractivity contribution in [3.05, 3.63) is 92.6 Å². The SMILES string of the molecule is COc1nc(-c2cccc(-c3cccc(-c4cc5c(=O)n(C)c(CN6CC[C@H](C(=O)O)C6)nn5c4)c3Cl)c2Cl)ccc1CNC[C@H]1CCC(=O)N1. The van der Waals surface area contributed by atoms with Gasteiger partial charge >= 0.3 is 5.97 Å². The third kappa shape index (κ3) is 6.96. The summed E-state index contributed by atoms with van der Waals surface area (Å²) in [7, 11) is 3.26. The minimum absolute atomic E-state index is 0.0862. The summed E-state index contributed by atoms with van der Waals surface area (Å²) in [5, 5.41) is 21.4. The van der Waals surface area contributed by atoms with Gasteiger partial charge in [-0.05, 0) is 31.5 Å². The summed E-state index contributed by atoms with van der Waals surface area (Å²) in [6, 6.07) is 17.1. The van der Waals surface area contributed by atoms with Gasteiger partial charge in [0.15, 0.2) is 0 Å². The first kappa shape index (κ1) is 34.7. The zero-order valence-electron chi connectivity index (χ0n) is 28.2. The molecule has 264 valence electrons. The second-order valence-electron chi connectivity index (χ2n) is 13.0. The number of halogens is 2. The first-order chi connectivity index (χ1) is 24.6. The Kier molecular flexibility index (Phi) is 9.84. The first-order valence-corrected chi connectivity index (χ1v) is 17.5. The van der Waals surface area contributed by atoms with Gasteiger partial charge < -0.3 is 20.5 Å². The predicted octanol–water partition coefficient (Wildman–Crippen LogP) is 5.02. The molecule has 2 aliphatic rings. The first-order valence-electron chi connectivity index (χ1n) is 16.8. The summed E-state index contributed by atoms with van der Waals surface area (Å²) >= 11 is 14.2. The highest BCUT2D eigenvalue weighted by atomic mass is 35.5. The van der Waals surface area contributed by atoms with E-state index in [0.717, 1.165) is 17.5 Å². The molecule has 2 aromatic carbocycles. The van der Waals surface area contributed by atoms with Gasteiger partial charge in [-0.1, -0.05) is 65.7 Å². The zero-order valence-corrected chi connectivity index (χ0v) is 29.7. The molecule has 2 atom stereocenters. The second kappa shape index (κ2) is 14.5. The van der Waals surface area contributed by atoms with Gasteiger partial charge in [-0.2, -0.15) is 5.10 Å². The van der Waals surface area contributed by atoms with E-state index in [2.05, 4.69) is 10.6 Å². The zero-order chi connectivity index (χ0) is 35.8. The Morgan fingerprint density at radius 3 is 2.45 bits per heavy atom. The molecule has 0 unspecified atom stereocenters. The van der Waals surface area contributed by atoms with Crippen molar-refractivity contribution in [3.63, 3.8) is 0 Å². The second-order valence-corrected chi connectivity index (χ2v) is 13.8. The molecule has 0 radical (unpaired) electrons. The Balaban J connectivity index is 1.15. The van der Waals surface area contributed by atoms with Crippen molar-refractivity contribution in [2.45, 2.75) is 38.4 Å². The molecule has 0 saturated carbocycles. The van der Waals surface area contributed by atoms with Gasteiger partial charge in [-0.3, -0.25) is 23.9 Å². The van der Waals surface area contributed by atoms with Gasteiger partial charge in [0.05, 0.1) is 35.3 Å². The van der Waals surface area contributed by atoms with Gasteiger partial charge in [0.1, 0.15) is 11.3 Å². The van der Waals surface area contributed by atoms with Gasteiger partial charge in [-0.15, -0.1) is 0 Å². The molecule has 7 rings (SSSR count). The number of pyridine rings is 1. The number of amides is 1. The number of hydrogen-bond acceptors (Lipinski definition) is 8. The van der Waals surface area contributed by atoms with E-state index in [1.54, 1.807) is 30.9 Å². The van der Waals surface area contributed by atoms with Crippen molar-refractivity contribution in [2.75, 3.05) is 26.7 Å². The number of fused-ring (bicyclic) bond motifs is 1. The number of benzene rings is 2. The number of aromatic nitrogens is 4. The van der Waals surface area contributed by atoms with Crippen molar-refractivity contribution < 1.29 is 19.4 Å². The lowest BCUT2D eigenvalue weighted by Gasteiger charge is -2.16. The minimum atomic E-state index is -0.805. The molecule has 12 nitrogen and oxygen atoms in total. The van der Waals surface area contributed by atoms with E-state index >= 15 is 0 Å². The maximum Gasteiger partial charge on any atom is 0.307 e. The number of likely N-dealkylation sites (tertiary alicyclic amines) is 1.